The van der Waals surface area contributed by atoms with Crippen LogP contribution in [0.15, 0.2) is 72.8 Å². The maximum atomic E-state index is 11.2. The summed E-state index contributed by atoms with van der Waals surface area (Å²) in [5.41, 5.74) is 9.14. The third-order valence-corrected chi connectivity index (χ3v) is 5.09. The summed E-state index contributed by atoms with van der Waals surface area (Å²) in [5.74, 6) is 0.0371. The Morgan fingerprint density at radius 2 is 1.68 bits per heavy atom. The molecule has 4 rings (SSSR count). The summed E-state index contributed by atoms with van der Waals surface area (Å²) in [5, 5.41) is 13.3. The summed E-state index contributed by atoms with van der Waals surface area (Å²) in [6.07, 6.45) is 1.11. The molecule has 0 aliphatic heterocycles. The molecule has 0 spiro atoms. The first-order chi connectivity index (χ1) is 13.6. The molecule has 1 aliphatic carbocycles. The van der Waals surface area contributed by atoms with E-state index in [0.717, 1.165) is 22.8 Å². The normalized spacial score (nSPS) is 17.2. The highest BCUT2D eigenvalue weighted by atomic mass is 35.5. The number of carboxylic acid groups (broad SMARTS) is 1. The number of halogens is 1. The van der Waals surface area contributed by atoms with Gasteiger partial charge in [0.25, 0.3) is 0 Å². The van der Waals surface area contributed by atoms with Gasteiger partial charge < -0.3 is 10.4 Å². The minimum Gasteiger partial charge on any atom is -0.478 e. The minimum absolute atomic E-state index is 0.276. The monoisotopic (exact) mass is 394 g/mol. The summed E-state index contributed by atoms with van der Waals surface area (Å²) in [6.45, 7) is 0. The Hall–Kier alpha value is -3.18. The van der Waals surface area contributed by atoms with Crippen molar-refractivity contribution in [2.75, 3.05) is 5.32 Å². The van der Waals surface area contributed by atoms with E-state index in [1.54, 1.807) is 18.2 Å². The summed E-state index contributed by atoms with van der Waals surface area (Å²) in [6, 6.07) is 23.2. The molecule has 3 N–H and O–H groups in total. The maximum absolute atomic E-state index is 11.2. The fourth-order valence-electron chi connectivity index (χ4n) is 3.44. The molecule has 1 saturated carbocycles. The van der Waals surface area contributed by atoms with Crippen molar-refractivity contribution in [2.45, 2.75) is 18.3 Å². The van der Waals surface area contributed by atoms with Gasteiger partial charge in [0, 0.05) is 16.4 Å². The highest BCUT2D eigenvalue weighted by Crippen LogP contribution is 2.56. The van der Waals surface area contributed by atoms with Crippen LogP contribution in [0.4, 0.5) is 11.4 Å². The second-order valence-electron chi connectivity index (χ2n) is 6.60. The molecular weight excluding hydrogens is 376 g/mol. The average molecular weight is 395 g/mol. The highest BCUT2D eigenvalue weighted by Gasteiger charge is 2.40. The van der Waals surface area contributed by atoms with Gasteiger partial charge in [-0.2, -0.15) is 4.91 Å². The Bertz CT molecular complexity index is 976. The molecule has 1 aliphatic rings. The average Bonchev–Trinajstić information content (AvgIpc) is 3.51. The van der Waals surface area contributed by atoms with E-state index in [1.165, 1.54) is 11.1 Å². The van der Waals surface area contributed by atoms with Crippen LogP contribution in [0.2, 0.25) is 5.02 Å². The summed E-state index contributed by atoms with van der Waals surface area (Å²) in [4.78, 5) is 18.7. The number of hydrogen-bond acceptors (Lipinski definition) is 4. The van der Waals surface area contributed by atoms with Gasteiger partial charge in [-0.25, -0.2) is 4.79 Å². The van der Waals surface area contributed by atoms with E-state index in [4.69, 9.17) is 16.5 Å². The standard InChI is InChI=1S/C22H18ClNO2.HNO/c23-16-10-8-14(9-11-16)19-13-20(19)18-6-1-2-7-21(18)24-17-5-3-4-15(12-17)22(25)26;1-2/h1-12,19-20,24H,13H2,(H,25,26);1H. The van der Waals surface area contributed by atoms with Gasteiger partial charge >= 0.3 is 5.97 Å². The topological polar surface area (TPSA) is 90.2 Å². The number of hydrogen-bond donors (Lipinski definition) is 3. The molecule has 0 radical (unpaired) electrons. The number of carboxylic acids is 1. The van der Waals surface area contributed by atoms with E-state index in [-0.39, 0.29) is 5.56 Å². The Balaban J connectivity index is 0.00000109. The molecule has 0 amide bonds. The molecule has 5 nitrogen and oxygen atoms in total. The van der Waals surface area contributed by atoms with E-state index in [2.05, 4.69) is 29.1 Å². The van der Waals surface area contributed by atoms with Gasteiger partial charge in [0.2, 0.25) is 0 Å². The molecule has 2 atom stereocenters. The number of nitrogens with one attached hydrogen (secondary N) is 2. The largest absolute Gasteiger partial charge is 0.478 e. The molecule has 0 aromatic heterocycles. The molecule has 3 aromatic rings. The Morgan fingerprint density at radius 3 is 2.39 bits per heavy atom. The third kappa shape index (κ3) is 4.38. The molecule has 2 unspecified atom stereocenters. The summed E-state index contributed by atoms with van der Waals surface area (Å²) in [7, 11) is 0. The second-order valence-corrected chi connectivity index (χ2v) is 7.03. The van der Waals surface area contributed by atoms with E-state index in [1.807, 2.05) is 36.4 Å². The van der Waals surface area contributed by atoms with E-state index in [9.17, 15) is 9.90 Å². The second kappa shape index (κ2) is 8.67. The first-order valence-electron chi connectivity index (χ1n) is 8.77. The Labute approximate surface area is 167 Å². The van der Waals surface area contributed by atoms with Crippen LogP contribution in [0, 0.1) is 10.5 Å². The first kappa shape index (κ1) is 19.6. The van der Waals surface area contributed by atoms with Crippen LogP contribution in [0.25, 0.3) is 0 Å². The van der Waals surface area contributed by atoms with Gasteiger partial charge in [-0.05, 0) is 65.8 Å². The number of anilines is 2. The lowest BCUT2D eigenvalue weighted by molar-refractivity contribution is 0.0697. The minimum atomic E-state index is -0.924. The molecule has 28 heavy (non-hydrogen) atoms. The van der Waals surface area contributed by atoms with Gasteiger partial charge in [-0.3, -0.25) is 0 Å². The molecule has 0 bridgehead atoms. The number of aromatic carboxylic acids is 1. The maximum Gasteiger partial charge on any atom is 0.335 e. The van der Waals surface area contributed by atoms with Gasteiger partial charge in [-0.1, -0.05) is 53.6 Å². The predicted octanol–water partition coefficient (Wildman–Crippen LogP) is 6.38. The van der Waals surface area contributed by atoms with Crippen molar-refractivity contribution in [1.82, 2.24) is 0 Å². The Kier molecular flexibility index (Phi) is 6.06. The van der Waals surface area contributed by atoms with Gasteiger partial charge in [0.05, 0.1) is 5.56 Å². The van der Waals surface area contributed by atoms with E-state index >= 15 is 0 Å². The lowest BCUT2D eigenvalue weighted by atomic mass is 10.0. The molecule has 0 saturated heterocycles. The zero-order valence-corrected chi connectivity index (χ0v) is 15.7. The SMILES string of the molecule is N=O.O=C(O)c1cccc(Nc2ccccc2C2CC2c2ccc(Cl)cc2)c1. The van der Waals surface area contributed by atoms with Crippen molar-refractivity contribution >= 4 is 28.9 Å². The zero-order valence-electron chi connectivity index (χ0n) is 14.9. The first-order valence-corrected chi connectivity index (χ1v) is 9.15. The molecule has 142 valence electrons. The summed E-state index contributed by atoms with van der Waals surface area (Å²) < 4.78 is 0. The molecule has 1 fully saturated rings. The van der Waals surface area contributed by atoms with Crippen LogP contribution in [0.1, 0.15) is 39.7 Å². The van der Waals surface area contributed by atoms with Crippen molar-refractivity contribution in [3.63, 3.8) is 0 Å². The van der Waals surface area contributed by atoms with Crippen molar-refractivity contribution in [3.05, 3.63) is 99.4 Å². The van der Waals surface area contributed by atoms with Gasteiger partial charge in [-0.15, -0.1) is 0 Å². The van der Waals surface area contributed by atoms with Crippen LogP contribution in [0.5, 0.6) is 0 Å². The van der Waals surface area contributed by atoms with Crippen LogP contribution in [-0.4, -0.2) is 11.1 Å². The molecule has 6 heteroatoms. The lowest BCUT2D eigenvalue weighted by Crippen LogP contribution is -1.99. The van der Waals surface area contributed by atoms with Crippen LogP contribution in [0.3, 0.4) is 0 Å². The number of rotatable bonds is 5. The third-order valence-electron chi connectivity index (χ3n) is 4.84. The number of benzene rings is 3. The molecule has 3 aromatic carbocycles. The fraction of sp³-hybridized carbons (Fsp3) is 0.136. The lowest BCUT2D eigenvalue weighted by Gasteiger charge is -2.13. The quantitative estimate of drug-likeness (QED) is 0.437. The van der Waals surface area contributed by atoms with Crippen LogP contribution >= 0.6 is 11.6 Å². The Morgan fingerprint density at radius 1 is 0.964 bits per heavy atom. The van der Waals surface area contributed by atoms with Gasteiger partial charge in [0.1, 0.15) is 0 Å². The van der Waals surface area contributed by atoms with Crippen LogP contribution in [-0.2, 0) is 0 Å². The van der Waals surface area contributed by atoms with Crippen molar-refractivity contribution in [3.8, 4) is 0 Å². The molecular formula is C22H19ClN2O3. The van der Waals surface area contributed by atoms with E-state index in [0.29, 0.717) is 11.8 Å². The van der Waals surface area contributed by atoms with Crippen LogP contribution < -0.4 is 5.32 Å². The number of para-hydroxylation sites is 1. The zero-order chi connectivity index (χ0) is 20.1. The number of carbonyl (C=O) groups is 1. The predicted molar refractivity (Wildman–Crippen MR) is 111 cm³/mol. The highest BCUT2D eigenvalue weighted by molar-refractivity contribution is 6.30. The van der Waals surface area contributed by atoms with Crippen molar-refractivity contribution < 1.29 is 9.90 Å². The summed E-state index contributed by atoms with van der Waals surface area (Å²) >= 11 is 5.99. The van der Waals surface area contributed by atoms with Crippen molar-refractivity contribution in [2.24, 2.45) is 0 Å². The number of nitroso groups, excluding NO2 is 1. The van der Waals surface area contributed by atoms with Crippen molar-refractivity contribution in [1.29, 1.82) is 5.59 Å². The fourth-order valence-corrected chi connectivity index (χ4v) is 3.56. The molecule has 0 heterocycles. The smallest absolute Gasteiger partial charge is 0.335 e. The van der Waals surface area contributed by atoms with Gasteiger partial charge in [0.15, 0.2) is 0 Å². The van der Waals surface area contributed by atoms with E-state index < -0.39 is 5.97 Å².